The minimum Gasteiger partial charge on any atom is -0.454 e. The summed E-state index contributed by atoms with van der Waals surface area (Å²) < 4.78 is 16.1. The number of carbonyl (C=O) groups is 2. The first-order chi connectivity index (χ1) is 14.2. The molecule has 0 aliphatic carbocycles. The van der Waals surface area contributed by atoms with E-state index in [9.17, 15) is 9.59 Å². The van der Waals surface area contributed by atoms with Gasteiger partial charge >= 0.3 is 0 Å². The second-order valence-corrected chi connectivity index (χ2v) is 6.83. The molecular formula is C22H22N2O5. The van der Waals surface area contributed by atoms with E-state index in [1.54, 1.807) is 42.5 Å². The maximum absolute atomic E-state index is 12.5. The number of benzene rings is 2. The number of hydrogen-bond acceptors (Lipinski definition) is 5. The molecule has 7 nitrogen and oxygen atoms in total. The predicted octanol–water partition coefficient (Wildman–Crippen LogP) is 2.98. The van der Waals surface area contributed by atoms with Gasteiger partial charge in [0.2, 0.25) is 12.7 Å². The second-order valence-electron chi connectivity index (χ2n) is 6.83. The Labute approximate surface area is 168 Å². The summed E-state index contributed by atoms with van der Waals surface area (Å²) in [6.45, 7) is 1.41. The van der Waals surface area contributed by atoms with Crippen LogP contribution in [0.3, 0.4) is 0 Å². The summed E-state index contributed by atoms with van der Waals surface area (Å²) in [5.41, 5.74) is 1.68. The van der Waals surface area contributed by atoms with Crippen molar-refractivity contribution in [2.75, 3.05) is 25.3 Å². The zero-order chi connectivity index (χ0) is 20.1. The fraction of sp³-hybridized carbons (Fsp3) is 0.273. The molecule has 2 heterocycles. The Bertz CT molecular complexity index is 935. The van der Waals surface area contributed by atoms with Gasteiger partial charge in [0.15, 0.2) is 11.5 Å². The van der Waals surface area contributed by atoms with Crippen LogP contribution in [0, 0.1) is 0 Å². The molecule has 0 bridgehead atoms. The third-order valence-electron chi connectivity index (χ3n) is 4.77. The number of carbonyl (C=O) groups excluding carboxylic acids is 2. The van der Waals surface area contributed by atoms with E-state index in [0.29, 0.717) is 29.3 Å². The molecule has 2 aromatic rings. The van der Waals surface area contributed by atoms with Crippen molar-refractivity contribution in [1.82, 2.24) is 5.32 Å². The molecule has 0 saturated carbocycles. The lowest BCUT2D eigenvalue weighted by atomic mass is 10.1. The van der Waals surface area contributed by atoms with Crippen LogP contribution in [0.5, 0.6) is 11.5 Å². The molecule has 1 atom stereocenters. The number of para-hydroxylation sites is 1. The Morgan fingerprint density at radius 3 is 2.83 bits per heavy atom. The Morgan fingerprint density at radius 1 is 1.10 bits per heavy atom. The molecule has 0 radical (unpaired) electrons. The molecular weight excluding hydrogens is 372 g/mol. The minimum atomic E-state index is -0.331. The average molecular weight is 394 g/mol. The van der Waals surface area contributed by atoms with Gasteiger partial charge in [0.25, 0.3) is 5.91 Å². The lowest BCUT2D eigenvalue weighted by molar-refractivity contribution is -0.111. The highest BCUT2D eigenvalue weighted by Gasteiger charge is 2.18. The van der Waals surface area contributed by atoms with E-state index in [1.807, 2.05) is 6.07 Å². The molecule has 1 fully saturated rings. The van der Waals surface area contributed by atoms with Crippen molar-refractivity contribution in [3.8, 4) is 11.5 Å². The Kier molecular flexibility index (Phi) is 5.76. The Balaban J connectivity index is 1.38. The normalized spacial score (nSPS) is 17.4. The molecule has 0 unspecified atom stereocenters. The van der Waals surface area contributed by atoms with Crippen LogP contribution in [-0.4, -0.2) is 37.9 Å². The van der Waals surface area contributed by atoms with Crippen LogP contribution in [0.1, 0.15) is 28.8 Å². The molecule has 4 rings (SSSR count). The minimum absolute atomic E-state index is 0.0605. The van der Waals surface area contributed by atoms with Gasteiger partial charge in [-0.2, -0.15) is 0 Å². The average Bonchev–Trinajstić information content (AvgIpc) is 3.42. The van der Waals surface area contributed by atoms with Crippen LogP contribution in [0.15, 0.2) is 48.5 Å². The Hall–Kier alpha value is -3.32. The first-order valence-corrected chi connectivity index (χ1v) is 9.56. The largest absolute Gasteiger partial charge is 0.454 e. The highest BCUT2D eigenvalue weighted by Crippen LogP contribution is 2.32. The number of rotatable bonds is 6. The first kappa shape index (κ1) is 19.0. The van der Waals surface area contributed by atoms with Gasteiger partial charge in [0.1, 0.15) is 0 Å². The lowest BCUT2D eigenvalue weighted by Gasteiger charge is -2.13. The topological polar surface area (TPSA) is 85.9 Å². The highest BCUT2D eigenvalue weighted by atomic mass is 16.7. The van der Waals surface area contributed by atoms with Crippen LogP contribution in [0.2, 0.25) is 0 Å². The van der Waals surface area contributed by atoms with E-state index < -0.39 is 0 Å². The fourth-order valence-corrected chi connectivity index (χ4v) is 3.26. The molecule has 2 aliphatic rings. The van der Waals surface area contributed by atoms with Crippen molar-refractivity contribution in [3.63, 3.8) is 0 Å². The highest BCUT2D eigenvalue weighted by molar-refractivity contribution is 6.07. The van der Waals surface area contributed by atoms with Gasteiger partial charge < -0.3 is 24.8 Å². The Morgan fingerprint density at radius 2 is 1.97 bits per heavy atom. The molecule has 0 spiro atoms. The van der Waals surface area contributed by atoms with Gasteiger partial charge in [0, 0.05) is 19.2 Å². The van der Waals surface area contributed by atoms with Gasteiger partial charge in [-0.05, 0) is 48.7 Å². The zero-order valence-corrected chi connectivity index (χ0v) is 15.9. The zero-order valence-electron chi connectivity index (χ0n) is 15.9. The smallest absolute Gasteiger partial charge is 0.253 e. The van der Waals surface area contributed by atoms with E-state index in [0.717, 1.165) is 25.0 Å². The van der Waals surface area contributed by atoms with Crippen LogP contribution in [0.4, 0.5) is 5.69 Å². The number of amides is 2. The standard InChI is InChI=1S/C22H22N2O5/c25-21(10-8-15-7-9-19-20(12-15)29-14-28-19)24-18-6-2-1-5-17(18)22(26)23-13-16-4-3-11-27-16/h1-2,5-10,12,16H,3-4,11,13-14H2,(H,23,26)(H,24,25)/b10-8+/t16-/m1/s1. The summed E-state index contributed by atoms with van der Waals surface area (Å²) in [7, 11) is 0. The summed E-state index contributed by atoms with van der Waals surface area (Å²) in [6.07, 6.45) is 5.12. The summed E-state index contributed by atoms with van der Waals surface area (Å²) in [5, 5.41) is 5.65. The van der Waals surface area contributed by atoms with Crippen molar-refractivity contribution in [3.05, 3.63) is 59.7 Å². The van der Waals surface area contributed by atoms with E-state index in [2.05, 4.69) is 10.6 Å². The van der Waals surface area contributed by atoms with E-state index in [-0.39, 0.29) is 24.7 Å². The summed E-state index contributed by atoms with van der Waals surface area (Å²) >= 11 is 0. The van der Waals surface area contributed by atoms with Crippen LogP contribution < -0.4 is 20.1 Å². The number of anilines is 1. The van der Waals surface area contributed by atoms with Gasteiger partial charge in [0.05, 0.1) is 17.4 Å². The van der Waals surface area contributed by atoms with Crippen LogP contribution in [-0.2, 0) is 9.53 Å². The number of nitrogens with one attached hydrogen (secondary N) is 2. The van der Waals surface area contributed by atoms with Crippen molar-refractivity contribution in [1.29, 1.82) is 0 Å². The van der Waals surface area contributed by atoms with Crippen molar-refractivity contribution in [2.24, 2.45) is 0 Å². The van der Waals surface area contributed by atoms with Gasteiger partial charge in [-0.1, -0.05) is 18.2 Å². The van der Waals surface area contributed by atoms with Crippen molar-refractivity contribution >= 4 is 23.6 Å². The van der Waals surface area contributed by atoms with Crippen molar-refractivity contribution < 1.29 is 23.8 Å². The molecule has 150 valence electrons. The number of fused-ring (bicyclic) bond motifs is 1. The molecule has 7 heteroatoms. The maximum atomic E-state index is 12.5. The van der Waals surface area contributed by atoms with Crippen LogP contribution >= 0.6 is 0 Å². The SMILES string of the molecule is O=C(/C=C/c1ccc2c(c1)OCO2)Nc1ccccc1C(=O)NC[C@H]1CCCO1. The molecule has 2 aliphatic heterocycles. The van der Waals surface area contributed by atoms with Gasteiger partial charge in [-0.25, -0.2) is 0 Å². The molecule has 2 N–H and O–H groups in total. The van der Waals surface area contributed by atoms with E-state index in [1.165, 1.54) is 6.08 Å². The summed E-state index contributed by atoms with van der Waals surface area (Å²) in [5.74, 6) is 0.772. The predicted molar refractivity (Wildman–Crippen MR) is 108 cm³/mol. The number of ether oxygens (including phenoxy) is 3. The maximum Gasteiger partial charge on any atom is 0.253 e. The third kappa shape index (κ3) is 4.75. The van der Waals surface area contributed by atoms with Crippen LogP contribution in [0.25, 0.3) is 6.08 Å². The van der Waals surface area contributed by atoms with E-state index in [4.69, 9.17) is 14.2 Å². The molecule has 29 heavy (non-hydrogen) atoms. The first-order valence-electron chi connectivity index (χ1n) is 9.56. The number of hydrogen-bond donors (Lipinski definition) is 2. The quantitative estimate of drug-likeness (QED) is 0.736. The third-order valence-corrected chi connectivity index (χ3v) is 4.77. The monoisotopic (exact) mass is 394 g/mol. The fourth-order valence-electron chi connectivity index (χ4n) is 3.26. The van der Waals surface area contributed by atoms with Gasteiger partial charge in [-0.15, -0.1) is 0 Å². The summed E-state index contributed by atoms with van der Waals surface area (Å²) in [6, 6.07) is 12.4. The van der Waals surface area contributed by atoms with Crippen molar-refractivity contribution in [2.45, 2.75) is 18.9 Å². The molecule has 0 aromatic heterocycles. The van der Waals surface area contributed by atoms with E-state index >= 15 is 0 Å². The molecule has 1 saturated heterocycles. The molecule has 2 amide bonds. The summed E-state index contributed by atoms with van der Waals surface area (Å²) in [4.78, 5) is 24.9. The lowest BCUT2D eigenvalue weighted by Crippen LogP contribution is -2.32. The second kappa shape index (κ2) is 8.79. The molecule has 2 aromatic carbocycles. The van der Waals surface area contributed by atoms with Gasteiger partial charge in [-0.3, -0.25) is 9.59 Å².